The van der Waals surface area contributed by atoms with Gasteiger partial charge in [-0.2, -0.15) is 0 Å². The van der Waals surface area contributed by atoms with Gasteiger partial charge < -0.3 is 14.0 Å². The number of esters is 1. The number of nitrogens with zero attached hydrogens (tertiary/aromatic N) is 3. The second kappa shape index (κ2) is 12.3. The number of rotatable bonds is 8. The van der Waals surface area contributed by atoms with E-state index in [-0.39, 0.29) is 12.2 Å². The number of benzene rings is 4. The molecule has 1 atom stereocenters. The predicted octanol–water partition coefficient (Wildman–Crippen LogP) is 6.35. The monoisotopic (exact) mass is 627 g/mol. The van der Waals surface area contributed by atoms with Crippen LogP contribution in [0.5, 0.6) is 5.75 Å². The predicted molar refractivity (Wildman–Crippen MR) is 183 cm³/mol. The van der Waals surface area contributed by atoms with Crippen molar-refractivity contribution in [1.29, 1.82) is 0 Å². The molecule has 8 heteroatoms. The number of aromatic nitrogens is 2. The molecule has 1 aliphatic heterocycles. The largest absolute Gasteiger partial charge is 0.494 e. The number of carbonyl (C=O) groups excluding carboxylic acids is 1. The minimum absolute atomic E-state index is 0.206. The summed E-state index contributed by atoms with van der Waals surface area (Å²) in [4.78, 5) is 32.8. The molecule has 230 valence electrons. The van der Waals surface area contributed by atoms with Crippen molar-refractivity contribution in [3.63, 3.8) is 0 Å². The fourth-order valence-electron chi connectivity index (χ4n) is 6.30. The molecule has 0 fully saturated rings. The van der Waals surface area contributed by atoms with E-state index in [0.29, 0.717) is 33.8 Å². The Balaban J connectivity index is 1.36. The lowest BCUT2D eigenvalue weighted by Crippen LogP contribution is -2.39. The van der Waals surface area contributed by atoms with Gasteiger partial charge in [-0.3, -0.25) is 9.36 Å². The summed E-state index contributed by atoms with van der Waals surface area (Å²) in [6.07, 6.45) is 4.06. The van der Waals surface area contributed by atoms with Gasteiger partial charge in [-0.25, -0.2) is 9.79 Å². The Hall–Kier alpha value is -5.21. The zero-order chi connectivity index (χ0) is 31.8. The van der Waals surface area contributed by atoms with E-state index < -0.39 is 12.0 Å². The standard InChI is InChI=1S/C38H33N3O4S/c1-4-44-29-19-17-26(18-20-29)35-34(37(43)45-5-2)24(3)39-38-41(35)36(42)33(46-38)21-28-23-40(32-16-9-8-15-31(28)32)22-27-13-10-12-25-11-6-7-14-30(25)27/h6-21,23,35H,4-5,22H2,1-3H3/b33-21-/t35-/m1/s1. The SMILES string of the molecule is CCOC(=O)C1=C(C)N=c2s/c(=C\c3cn(Cc4cccc5ccccc45)c4ccccc34)c(=O)n2[C@@H]1c1ccc(OCC)cc1. The van der Waals surface area contributed by atoms with E-state index in [9.17, 15) is 9.59 Å². The van der Waals surface area contributed by atoms with Gasteiger partial charge in [0, 0.05) is 29.2 Å². The number of fused-ring (bicyclic) bond motifs is 3. The van der Waals surface area contributed by atoms with Crippen LogP contribution in [0, 0.1) is 0 Å². The highest BCUT2D eigenvalue weighted by Gasteiger charge is 2.33. The van der Waals surface area contributed by atoms with Gasteiger partial charge in [0.1, 0.15) is 5.75 Å². The molecular weight excluding hydrogens is 595 g/mol. The maximum absolute atomic E-state index is 14.3. The molecule has 0 bridgehead atoms. The number of thiazole rings is 1. The molecule has 0 amide bonds. The average Bonchev–Trinajstić information content (AvgIpc) is 3.57. The van der Waals surface area contributed by atoms with Gasteiger partial charge in [0.25, 0.3) is 5.56 Å². The fourth-order valence-corrected chi connectivity index (χ4v) is 7.33. The van der Waals surface area contributed by atoms with Crippen LogP contribution in [0.25, 0.3) is 27.8 Å². The molecule has 0 N–H and O–H groups in total. The Labute approximate surface area is 270 Å². The first-order valence-electron chi connectivity index (χ1n) is 15.4. The highest BCUT2D eigenvalue weighted by atomic mass is 32.1. The van der Waals surface area contributed by atoms with Crippen molar-refractivity contribution >= 4 is 45.1 Å². The van der Waals surface area contributed by atoms with Crippen molar-refractivity contribution in [2.75, 3.05) is 13.2 Å². The highest BCUT2D eigenvalue weighted by molar-refractivity contribution is 7.07. The summed E-state index contributed by atoms with van der Waals surface area (Å²) in [6, 6.07) is 29.9. The summed E-state index contributed by atoms with van der Waals surface area (Å²) in [6.45, 7) is 6.95. The third-order valence-electron chi connectivity index (χ3n) is 8.35. The van der Waals surface area contributed by atoms with E-state index in [1.807, 2.05) is 49.4 Å². The Morgan fingerprint density at radius 3 is 2.43 bits per heavy atom. The number of allylic oxidation sites excluding steroid dienone is 1. The Morgan fingerprint density at radius 1 is 0.913 bits per heavy atom. The Kier molecular flexibility index (Phi) is 7.88. The van der Waals surface area contributed by atoms with E-state index >= 15 is 0 Å². The first-order chi connectivity index (χ1) is 22.5. The normalized spacial score (nSPS) is 14.8. The molecule has 0 unspecified atom stereocenters. The maximum Gasteiger partial charge on any atom is 0.338 e. The molecule has 6 aromatic rings. The average molecular weight is 628 g/mol. The van der Waals surface area contributed by atoms with E-state index in [2.05, 4.69) is 65.4 Å². The summed E-state index contributed by atoms with van der Waals surface area (Å²) in [5.41, 5.74) is 4.72. The van der Waals surface area contributed by atoms with Crippen molar-refractivity contribution in [2.45, 2.75) is 33.4 Å². The van der Waals surface area contributed by atoms with E-state index in [1.54, 1.807) is 18.4 Å². The van der Waals surface area contributed by atoms with Crippen LogP contribution in [0.2, 0.25) is 0 Å². The van der Waals surface area contributed by atoms with Gasteiger partial charge >= 0.3 is 5.97 Å². The second-order valence-electron chi connectivity index (χ2n) is 11.2. The van der Waals surface area contributed by atoms with Crippen molar-refractivity contribution < 1.29 is 14.3 Å². The van der Waals surface area contributed by atoms with E-state index in [1.165, 1.54) is 27.7 Å². The summed E-state index contributed by atoms with van der Waals surface area (Å²) in [5, 5.41) is 3.48. The molecule has 4 aromatic carbocycles. The smallest absolute Gasteiger partial charge is 0.338 e. The van der Waals surface area contributed by atoms with Crippen LogP contribution in [-0.4, -0.2) is 28.3 Å². The summed E-state index contributed by atoms with van der Waals surface area (Å²) in [7, 11) is 0. The van der Waals surface area contributed by atoms with Gasteiger partial charge in [0.2, 0.25) is 0 Å². The maximum atomic E-state index is 14.3. The molecule has 7 rings (SSSR count). The van der Waals surface area contributed by atoms with E-state index in [4.69, 9.17) is 14.5 Å². The molecule has 1 aliphatic rings. The van der Waals surface area contributed by atoms with E-state index in [0.717, 1.165) is 27.8 Å². The van der Waals surface area contributed by atoms with Crippen LogP contribution in [0.1, 0.15) is 43.5 Å². The first-order valence-corrected chi connectivity index (χ1v) is 16.3. The summed E-state index contributed by atoms with van der Waals surface area (Å²) in [5.74, 6) is 0.241. The van der Waals surface area contributed by atoms with Crippen LogP contribution < -0.4 is 19.6 Å². The van der Waals surface area contributed by atoms with Crippen molar-refractivity contribution in [2.24, 2.45) is 4.99 Å². The first kappa shape index (κ1) is 29.5. The highest BCUT2D eigenvalue weighted by Crippen LogP contribution is 2.32. The molecule has 0 saturated carbocycles. The fraction of sp³-hybridized carbons (Fsp3) is 0.184. The molecule has 3 heterocycles. The van der Waals surface area contributed by atoms with Crippen molar-refractivity contribution in [3.05, 3.63) is 145 Å². The number of ether oxygens (including phenoxy) is 2. The molecule has 7 nitrogen and oxygen atoms in total. The molecule has 2 aromatic heterocycles. The van der Waals surface area contributed by atoms with Gasteiger partial charge in [0.15, 0.2) is 4.80 Å². The lowest BCUT2D eigenvalue weighted by molar-refractivity contribution is -0.139. The Morgan fingerprint density at radius 2 is 1.65 bits per heavy atom. The molecule has 0 spiro atoms. The van der Waals surface area contributed by atoms with Crippen LogP contribution in [0.3, 0.4) is 0 Å². The third-order valence-corrected chi connectivity index (χ3v) is 9.33. The minimum atomic E-state index is -0.680. The number of hydrogen-bond donors (Lipinski definition) is 0. The molecule has 0 aliphatic carbocycles. The molecule has 0 radical (unpaired) electrons. The van der Waals surface area contributed by atoms with Crippen LogP contribution in [0.15, 0.2) is 118 Å². The Bertz CT molecular complexity index is 2320. The lowest BCUT2D eigenvalue weighted by atomic mass is 9.96. The third kappa shape index (κ3) is 5.24. The van der Waals surface area contributed by atoms with Gasteiger partial charge in [0.05, 0.1) is 35.1 Å². The van der Waals surface area contributed by atoms with Crippen molar-refractivity contribution in [1.82, 2.24) is 9.13 Å². The van der Waals surface area contributed by atoms with Crippen LogP contribution >= 0.6 is 11.3 Å². The van der Waals surface area contributed by atoms with Gasteiger partial charge in [-0.15, -0.1) is 0 Å². The number of hydrogen-bond acceptors (Lipinski definition) is 6. The summed E-state index contributed by atoms with van der Waals surface area (Å²) >= 11 is 1.33. The summed E-state index contributed by atoms with van der Waals surface area (Å²) < 4.78 is 15.5. The number of para-hydroxylation sites is 1. The number of carbonyl (C=O) groups is 1. The van der Waals surface area contributed by atoms with Crippen molar-refractivity contribution in [3.8, 4) is 5.75 Å². The molecular formula is C38H33N3O4S. The zero-order valence-electron chi connectivity index (χ0n) is 25.9. The molecule has 46 heavy (non-hydrogen) atoms. The quantitative estimate of drug-likeness (QED) is 0.184. The van der Waals surface area contributed by atoms with Gasteiger partial charge in [-0.05, 0) is 66.9 Å². The second-order valence-corrected chi connectivity index (χ2v) is 12.2. The van der Waals surface area contributed by atoms with Crippen LogP contribution in [0.4, 0.5) is 0 Å². The zero-order valence-corrected chi connectivity index (χ0v) is 26.7. The van der Waals surface area contributed by atoms with Crippen LogP contribution in [-0.2, 0) is 16.1 Å². The minimum Gasteiger partial charge on any atom is -0.494 e. The molecule has 0 saturated heterocycles. The van der Waals surface area contributed by atoms with Gasteiger partial charge in [-0.1, -0.05) is 84.1 Å². The topological polar surface area (TPSA) is 74.8 Å². The lowest BCUT2D eigenvalue weighted by Gasteiger charge is -2.24.